The minimum Gasteiger partial charge on any atom is -0.299 e. The van der Waals surface area contributed by atoms with Gasteiger partial charge in [-0.25, -0.2) is 0 Å². The molecule has 0 aromatic heterocycles. The molecule has 0 saturated heterocycles. The summed E-state index contributed by atoms with van der Waals surface area (Å²) in [5, 5.41) is 0. The van der Waals surface area contributed by atoms with E-state index in [1.165, 1.54) is 57.8 Å². The summed E-state index contributed by atoms with van der Waals surface area (Å²) >= 11 is 0. The van der Waals surface area contributed by atoms with Crippen molar-refractivity contribution in [1.82, 2.24) is 0 Å². The van der Waals surface area contributed by atoms with Crippen molar-refractivity contribution in [3.63, 3.8) is 0 Å². The van der Waals surface area contributed by atoms with Gasteiger partial charge in [-0.3, -0.25) is 4.79 Å². The molecule has 1 nitrogen and oxygen atoms in total. The number of ketones is 1. The molecule has 92 valence electrons. The van der Waals surface area contributed by atoms with Gasteiger partial charge in [0.25, 0.3) is 0 Å². The fourth-order valence-corrected chi connectivity index (χ4v) is 4.16. The van der Waals surface area contributed by atoms with Crippen LogP contribution >= 0.6 is 0 Å². The van der Waals surface area contributed by atoms with E-state index in [1.54, 1.807) is 0 Å². The Bertz CT molecular complexity index is 232. The molecule has 1 atom stereocenters. The summed E-state index contributed by atoms with van der Waals surface area (Å²) < 4.78 is 0. The summed E-state index contributed by atoms with van der Waals surface area (Å²) in [6, 6.07) is 0. The maximum absolute atomic E-state index is 12.2. The van der Waals surface area contributed by atoms with Gasteiger partial charge >= 0.3 is 0 Å². The van der Waals surface area contributed by atoms with Crippen LogP contribution < -0.4 is 0 Å². The summed E-state index contributed by atoms with van der Waals surface area (Å²) in [5.74, 6) is 1.03. The number of rotatable bonds is 3. The molecule has 0 heterocycles. The van der Waals surface area contributed by atoms with E-state index < -0.39 is 0 Å². The molecule has 0 N–H and O–H groups in total. The van der Waals surface area contributed by atoms with Gasteiger partial charge in [0.15, 0.2) is 0 Å². The lowest BCUT2D eigenvalue weighted by Gasteiger charge is -2.44. The van der Waals surface area contributed by atoms with Crippen molar-refractivity contribution in [2.24, 2.45) is 11.3 Å². The molecule has 2 saturated carbocycles. The van der Waals surface area contributed by atoms with Crippen molar-refractivity contribution in [1.29, 1.82) is 0 Å². The normalized spacial score (nSPS) is 30.3. The van der Waals surface area contributed by atoms with Crippen molar-refractivity contribution in [2.45, 2.75) is 77.6 Å². The van der Waals surface area contributed by atoms with Crippen LogP contribution in [0.25, 0.3) is 0 Å². The Morgan fingerprint density at radius 1 is 1.12 bits per heavy atom. The molecule has 0 aliphatic heterocycles. The second-order valence-corrected chi connectivity index (χ2v) is 5.94. The molecule has 0 aromatic rings. The summed E-state index contributed by atoms with van der Waals surface area (Å²) in [7, 11) is 0. The quantitative estimate of drug-likeness (QED) is 0.687. The second kappa shape index (κ2) is 5.33. The van der Waals surface area contributed by atoms with E-state index >= 15 is 0 Å². The van der Waals surface area contributed by atoms with Gasteiger partial charge in [0.2, 0.25) is 0 Å². The first-order valence-electron chi connectivity index (χ1n) is 7.31. The van der Waals surface area contributed by atoms with E-state index in [9.17, 15) is 4.79 Å². The van der Waals surface area contributed by atoms with Crippen LogP contribution in [0, 0.1) is 11.3 Å². The third-order valence-electron chi connectivity index (χ3n) is 4.89. The summed E-state index contributed by atoms with van der Waals surface area (Å²) in [5.41, 5.74) is 0.421. The van der Waals surface area contributed by atoms with Gasteiger partial charge in [0.1, 0.15) is 5.78 Å². The molecular weight excluding hydrogens is 196 g/mol. The van der Waals surface area contributed by atoms with Crippen molar-refractivity contribution in [3.05, 3.63) is 0 Å². The highest BCUT2D eigenvalue weighted by Crippen LogP contribution is 2.49. The maximum Gasteiger partial charge on any atom is 0.136 e. The average Bonchev–Trinajstić information content (AvgIpc) is 2.31. The molecule has 0 radical (unpaired) electrons. The zero-order chi connectivity index (χ0) is 11.4. The van der Waals surface area contributed by atoms with Gasteiger partial charge in [-0.15, -0.1) is 0 Å². The van der Waals surface area contributed by atoms with E-state index in [4.69, 9.17) is 0 Å². The lowest BCUT2D eigenvalue weighted by Crippen LogP contribution is -2.39. The molecule has 1 heteroatoms. The zero-order valence-electron chi connectivity index (χ0n) is 10.8. The molecule has 16 heavy (non-hydrogen) atoms. The number of carbonyl (C=O) groups excluding carboxylic acids is 1. The Kier molecular flexibility index (Phi) is 4.05. The van der Waals surface area contributed by atoms with Crippen LogP contribution in [0.2, 0.25) is 0 Å². The number of hydrogen-bond donors (Lipinski definition) is 0. The smallest absolute Gasteiger partial charge is 0.136 e. The predicted molar refractivity (Wildman–Crippen MR) is 67.4 cm³/mol. The van der Waals surface area contributed by atoms with Gasteiger partial charge in [0.05, 0.1) is 0 Å². The van der Waals surface area contributed by atoms with Crippen molar-refractivity contribution < 1.29 is 4.79 Å². The highest BCUT2D eigenvalue weighted by atomic mass is 16.1. The molecular formula is C15H26O. The number of hydrogen-bond acceptors (Lipinski definition) is 1. The Morgan fingerprint density at radius 3 is 2.50 bits per heavy atom. The third-order valence-corrected chi connectivity index (χ3v) is 4.89. The van der Waals surface area contributed by atoms with Crippen molar-refractivity contribution >= 4 is 5.78 Å². The second-order valence-electron chi connectivity index (χ2n) is 5.94. The van der Waals surface area contributed by atoms with Crippen molar-refractivity contribution in [2.75, 3.05) is 0 Å². The van der Waals surface area contributed by atoms with Crippen LogP contribution in [0.3, 0.4) is 0 Å². The summed E-state index contributed by atoms with van der Waals surface area (Å²) in [6.45, 7) is 2.28. The standard InChI is InChI=1S/C15H26O/c1-2-10-15(11-6-3-7-12-15)13-8-4-5-9-14(13)16/h13H,2-12H2,1H3. The molecule has 2 fully saturated rings. The van der Waals surface area contributed by atoms with Gasteiger partial charge in [-0.1, -0.05) is 39.0 Å². The van der Waals surface area contributed by atoms with Gasteiger partial charge in [0, 0.05) is 12.3 Å². The van der Waals surface area contributed by atoms with E-state index in [0.29, 0.717) is 17.1 Å². The summed E-state index contributed by atoms with van der Waals surface area (Å²) in [6.07, 6.45) is 13.8. The first-order valence-corrected chi connectivity index (χ1v) is 7.31. The third kappa shape index (κ3) is 2.33. The molecule has 2 aliphatic rings. The monoisotopic (exact) mass is 222 g/mol. The Morgan fingerprint density at radius 2 is 1.88 bits per heavy atom. The van der Waals surface area contributed by atoms with Crippen molar-refractivity contribution in [3.8, 4) is 0 Å². The van der Waals surface area contributed by atoms with Gasteiger partial charge in [-0.2, -0.15) is 0 Å². The van der Waals surface area contributed by atoms with Crippen LogP contribution in [-0.4, -0.2) is 5.78 Å². The topological polar surface area (TPSA) is 17.1 Å². The highest BCUT2D eigenvalue weighted by Gasteiger charge is 2.42. The molecule has 0 amide bonds. The first-order chi connectivity index (χ1) is 7.78. The highest BCUT2D eigenvalue weighted by molar-refractivity contribution is 5.82. The molecule has 2 rings (SSSR count). The minimum atomic E-state index is 0.421. The predicted octanol–water partition coefficient (Wildman–Crippen LogP) is 4.50. The number of carbonyl (C=O) groups is 1. The fourth-order valence-electron chi connectivity index (χ4n) is 4.16. The van der Waals surface area contributed by atoms with E-state index in [-0.39, 0.29) is 0 Å². The fraction of sp³-hybridized carbons (Fsp3) is 0.933. The lowest BCUT2D eigenvalue weighted by atomic mass is 9.59. The summed E-state index contributed by atoms with van der Waals surface area (Å²) in [4.78, 5) is 12.2. The average molecular weight is 222 g/mol. The van der Waals surface area contributed by atoms with Crippen LogP contribution in [-0.2, 0) is 4.79 Å². The Balaban J connectivity index is 2.12. The zero-order valence-corrected chi connectivity index (χ0v) is 10.8. The SMILES string of the molecule is CCCC1(C2CCCCC2=O)CCCCC1. The maximum atomic E-state index is 12.2. The molecule has 1 unspecified atom stereocenters. The van der Waals surface area contributed by atoms with Crippen LogP contribution in [0.15, 0.2) is 0 Å². The number of Topliss-reactive ketones (excluding diaryl/α,β-unsaturated/α-hetero) is 1. The van der Waals surface area contributed by atoms with Gasteiger partial charge < -0.3 is 0 Å². The molecule has 0 aromatic carbocycles. The minimum absolute atomic E-state index is 0.421. The van der Waals surface area contributed by atoms with Crippen LogP contribution in [0.5, 0.6) is 0 Å². The largest absolute Gasteiger partial charge is 0.299 e. The van der Waals surface area contributed by atoms with Crippen LogP contribution in [0.4, 0.5) is 0 Å². The van der Waals surface area contributed by atoms with E-state index in [0.717, 1.165) is 12.8 Å². The van der Waals surface area contributed by atoms with Crippen LogP contribution in [0.1, 0.15) is 77.6 Å². The van der Waals surface area contributed by atoms with E-state index in [2.05, 4.69) is 6.92 Å². The Hall–Kier alpha value is -0.330. The van der Waals surface area contributed by atoms with Gasteiger partial charge in [-0.05, 0) is 37.5 Å². The molecule has 2 aliphatic carbocycles. The Labute approximate surface area is 100.0 Å². The molecule has 0 spiro atoms. The molecule has 0 bridgehead atoms. The first kappa shape index (κ1) is 12.1. The van der Waals surface area contributed by atoms with E-state index in [1.807, 2.05) is 0 Å². The lowest BCUT2D eigenvalue weighted by molar-refractivity contribution is -0.131.